The van der Waals surface area contributed by atoms with E-state index in [0.717, 1.165) is 29.8 Å². The zero-order valence-corrected chi connectivity index (χ0v) is 36.3. The predicted octanol–water partition coefficient (Wildman–Crippen LogP) is -11.9. The van der Waals surface area contributed by atoms with E-state index in [9.17, 15) is 0 Å². The molecule has 0 spiro atoms. The molecule has 0 aromatic heterocycles. The van der Waals surface area contributed by atoms with E-state index in [1.165, 1.54) is 0 Å². The van der Waals surface area contributed by atoms with Crippen LogP contribution < -0.4 is 276 Å². The molecule has 0 fully saturated rings. The molecule has 0 radical (unpaired) electrons. The van der Waals surface area contributed by atoms with Crippen molar-refractivity contribution >= 4 is 0 Å². The second-order valence-electron chi connectivity index (χ2n) is 1.80. The Labute approximate surface area is 334 Å². The Morgan fingerprint density at radius 2 is 0.529 bits per heavy atom. The molecule has 0 bridgehead atoms. The summed E-state index contributed by atoms with van der Waals surface area (Å²) in [5.74, 6) is 0. The molecule has 0 rings (SSSR count). The van der Waals surface area contributed by atoms with Crippen molar-refractivity contribution in [2.75, 3.05) is 0 Å². The summed E-state index contributed by atoms with van der Waals surface area (Å²) < 4.78 is 0. The second-order valence-corrected chi connectivity index (χ2v) is 7.42. The topological polar surface area (TPSA) is 143 Å². The summed E-state index contributed by atoms with van der Waals surface area (Å²) in [5.41, 5.74) is 0. The average molecular weight is 744 g/mol. The van der Waals surface area contributed by atoms with Gasteiger partial charge in [0.15, 0.2) is 0 Å². The van der Waals surface area contributed by atoms with Crippen LogP contribution in [0.2, 0.25) is 0 Å². The Balaban J connectivity index is -0.000000120. The summed E-state index contributed by atoms with van der Waals surface area (Å²) in [4.78, 5) is 6.19. The number of rotatable bonds is 0. The van der Waals surface area contributed by atoms with Crippen molar-refractivity contribution < 1.29 is 286 Å². The fourth-order valence-corrected chi connectivity index (χ4v) is 1.09. The van der Waals surface area contributed by atoms with Crippen LogP contribution in [0.5, 0.6) is 0 Å². The van der Waals surface area contributed by atoms with Crippen LogP contribution in [-0.2, 0) is 10.7 Å². The third-order valence-electron chi connectivity index (χ3n) is 1.19. The van der Waals surface area contributed by atoms with Crippen LogP contribution >= 0.6 is 0 Å². The largest absolute Gasteiger partial charge is 1.00 e. The van der Waals surface area contributed by atoms with Gasteiger partial charge in [0.1, 0.15) is 0 Å². The standard InChI is InChI=1S/6CN.4Cs.Fe/c6*1-2;;;;;/q;;;;;;4*+1;-4. The molecule has 0 aromatic rings. The quantitative estimate of drug-likeness (QED) is 0.226. The van der Waals surface area contributed by atoms with Crippen molar-refractivity contribution in [3.8, 4) is 29.8 Å². The molecule has 0 heterocycles. The van der Waals surface area contributed by atoms with E-state index in [2.05, 4.69) is 0 Å². The summed E-state index contributed by atoms with van der Waals surface area (Å²) in [6.45, 7) is 0. The molecule has 0 aliphatic heterocycles. The first-order valence-electron chi connectivity index (χ1n) is 2.40. The van der Waals surface area contributed by atoms with Gasteiger partial charge < -0.3 is 0 Å². The minimum Gasteiger partial charge on any atom is 1.00 e. The van der Waals surface area contributed by atoms with E-state index in [0.29, 0.717) is 0 Å². The van der Waals surface area contributed by atoms with E-state index in [1.54, 1.807) is 0 Å². The summed E-state index contributed by atoms with van der Waals surface area (Å²) in [6, 6.07) is 0. The van der Waals surface area contributed by atoms with Gasteiger partial charge in [-0.3, -0.25) is 0 Å². The normalized spacial score (nSPS) is 10.2. The minimum absolute atomic E-state index is 0. The van der Waals surface area contributed by atoms with Crippen molar-refractivity contribution in [2.24, 2.45) is 0 Å². The average Bonchev–Trinajstić information content (AvgIpc) is 2.26. The van der Waals surface area contributed by atoms with Crippen molar-refractivity contribution in [3.63, 3.8) is 0 Å². The molecule has 11 heteroatoms. The van der Waals surface area contributed by atoms with Crippen molar-refractivity contribution in [1.82, 2.24) is 0 Å². The molecule has 6 nitrogen and oxygen atoms in total. The van der Waals surface area contributed by atoms with Gasteiger partial charge >= 0.3 is 348 Å². The van der Waals surface area contributed by atoms with E-state index < -0.39 is 10.7 Å². The Kier molecular flexibility index (Phi) is 26.1. The maximum atomic E-state index is 8.58. The third kappa shape index (κ3) is 6.59. The third-order valence-corrected chi connectivity index (χ3v) is 4.89. The first-order valence-corrected chi connectivity index (χ1v) is 5.71. The molecular weight excluding hydrogens is 744 g/mol. The molecule has 17 heavy (non-hydrogen) atoms. The Morgan fingerprint density at radius 3 is 0.529 bits per heavy atom. The Hall–Kier alpha value is 5.67. The number of nitrogens with zero attached hydrogens (tertiary/aromatic N) is 6. The van der Waals surface area contributed by atoms with Gasteiger partial charge in [0, 0.05) is 0 Å². The van der Waals surface area contributed by atoms with Crippen LogP contribution in [-0.4, -0.2) is 0 Å². The van der Waals surface area contributed by atoms with Gasteiger partial charge in [-0.25, -0.2) is 0 Å². The molecule has 0 unspecified atom stereocenters. The minimum atomic E-state index is -6.17. The molecule has 0 saturated carbocycles. The van der Waals surface area contributed by atoms with Crippen LogP contribution in [0.15, 0.2) is 0 Å². The van der Waals surface area contributed by atoms with E-state index in [1.807, 2.05) is 0 Å². The smallest absolute Gasteiger partial charge is 1.00 e. The van der Waals surface area contributed by atoms with Gasteiger partial charge in [-0.05, 0) is 0 Å². The summed E-state index contributed by atoms with van der Waals surface area (Å²) in [6.07, 6.45) is 0. The van der Waals surface area contributed by atoms with E-state index in [4.69, 9.17) is 31.6 Å². The van der Waals surface area contributed by atoms with Gasteiger partial charge in [0.05, 0.1) is 0 Å². The molecule has 0 amide bonds. The van der Waals surface area contributed by atoms with Crippen LogP contribution in [0.4, 0.5) is 0 Å². The Bertz CT molecular complexity index is 400. The van der Waals surface area contributed by atoms with Gasteiger partial charge in [0.2, 0.25) is 0 Å². The summed E-state index contributed by atoms with van der Waals surface area (Å²) in [5, 5.41) is 51.5. The monoisotopic (exact) mass is 744 g/mol. The van der Waals surface area contributed by atoms with Crippen LogP contribution in [0.25, 0.3) is 0 Å². The summed E-state index contributed by atoms with van der Waals surface area (Å²) in [7, 11) is -6.17. The predicted molar refractivity (Wildman–Crippen MR) is 33.7 cm³/mol. The number of hydrogen-bond donors (Lipinski definition) is 0. The van der Waals surface area contributed by atoms with Gasteiger partial charge in [-0.2, -0.15) is 0 Å². The summed E-state index contributed by atoms with van der Waals surface area (Å²) >= 11 is 0. The fourth-order valence-electron chi connectivity index (χ4n) is 0.265. The molecule has 66 valence electrons. The van der Waals surface area contributed by atoms with Gasteiger partial charge in [0.25, 0.3) is 0 Å². The molecule has 0 N–H and O–H groups in total. The molecule has 0 saturated heterocycles. The van der Waals surface area contributed by atoms with E-state index in [-0.39, 0.29) is 276 Å². The first-order chi connectivity index (χ1) is 5.97. The molecule has 0 aliphatic carbocycles. The zero-order valence-electron chi connectivity index (χ0n) is 10.0. The van der Waals surface area contributed by atoms with Gasteiger partial charge in [-0.15, -0.1) is 0 Å². The molecule has 0 aliphatic rings. The van der Waals surface area contributed by atoms with Crippen molar-refractivity contribution in [2.45, 2.75) is 0 Å². The van der Waals surface area contributed by atoms with Crippen molar-refractivity contribution in [1.29, 1.82) is 31.6 Å². The van der Waals surface area contributed by atoms with Crippen molar-refractivity contribution in [3.05, 3.63) is 0 Å². The van der Waals surface area contributed by atoms with Crippen LogP contribution in [0.3, 0.4) is 0 Å². The second kappa shape index (κ2) is 13.0. The maximum absolute atomic E-state index is 8.58. The first kappa shape index (κ1) is 34.1. The van der Waals surface area contributed by atoms with E-state index >= 15 is 0 Å². The molecule has 0 atom stereocenters. The van der Waals surface area contributed by atoms with Gasteiger partial charge in [-0.1, -0.05) is 0 Å². The fraction of sp³-hybridized carbons (Fsp3) is 0. The molecular formula is C6Cs4FeN6. The van der Waals surface area contributed by atoms with Crippen LogP contribution in [0, 0.1) is 61.4 Å². The molecule has 0 aromatic carbocycles. The number of nitriles is 6. The maximum Gasteiger partial charge on any atom is 1.00 e. The SMILES string of the molecule is N#[C][Fe-4]([C]#N)([C]#N)([C]#N)([C]#N)[C]#N.[Cs+].[Cs+].[Cs+].[Cs+]. The van der Waals surface area contributed by atoms with Crippen LogP contribution in [0.1, 0.15) is 0 Å². The number of hydrogen-bond acceptors (Lipinski definition) is 6. The zero-order chi connectivity index (χ0) is 10.7. The Morgan fingerprint density at radius 1 is 0.412 bits per heavy atom.